The Kier molecular flexibility index (Phi) is 6.87. The van der Waals surface area contributed by atoms with Crippen LogP contribution in [0, 0.1) is 19.7 Å². The summed E-state index contributed by atoms with van der Waals surface area (Å²) in [6.45, 7) is 5.70. The van der Waals surface area contributed by atoms with Crippen molar-refractivity contribution in [2.24, 2.45) is 0 Å². The Morgan fingerprint density at radius 2 is 2.00 bits per heavy atom. The number of hydrogen-bond donors (Lipinski definition) is 1. The number of likely N-dealkylation sites (N-methyl/N-ethyl adjacent to an activating group) is 1. The minimum Gasteiger partial charge on any atom is -0.355 e. The quantitative estimate of drug-likeness (QED) is 0.745. The van der Waals surface area contributed by atoms with Crippen molar-refractivity contribution in [3.8, 4) is 0 Å². The number of nitrogens with one attached hydrogen (secondary N) is 1. The van der Waals surface area contributed by atoms with Crippen LogP contribution in [0.15, 0.2) is 24.3 Å². The number of hydrogen-bond acceptors (Lipinski definition) is 4. The highest BCUT2D eigenvalue weighted by atomic mass is 32.1. The fraction of sp³-hybridized carbons (Fsp3) is 0.444. The molecule has 24 heavy (non-hydrogen) atoms. The average molecular weight is 349 g/mol. The average Bonchev–Trinajstić information content (AvgIpc) is 2.84. The van der Waals surface area contributed by atoms with Gasteiger partial charge in [0.15, 0.2) is 0 Å². The number of carbonyl (C=O) groups is 1. The van der Waals surface area contributed by atoms with Gasteiger partial charge in [0, 0.05) is 24.4 Å². The van der Waals surface area contributed by atoms with Gasteiger partial charge in [0.05, 0.1) is 17.2 Å². The molecule has 0 aliphatic carbocycles. The molecule has 0 saturated carbocycles. The molecule has 2 rings (SSSR count). The van der Waals surface area contributed by atoms with Crippen LogP contribution >= 0.6 is 11.3 Å². The lowest BCUT2D eigenvalue weighted by Gasteiger charge is -2.16. The molecular formula is C18H24FN3OS. The Morgan fingerprint density at radius 3 is 2.62 bits per heavy atom. The van der Waals surface area contributed by atoms with Gasteiger partial charge in [-0.3, -0.25) is 9.69 Å². The van der Waals surface area contributed by atoms with Gasteiger partial charge < -0.3 is 5.32 Å². The second kappa shape index (κ2) is 8.89. The lowest BCUT2D eigenvalue weighted by Crippen LogP contribution is -2.35. The minimum atomic E-state index is -0.246. The normalized spacial score (nSPS) is 11.0. The fourth-order valence-corrected chi connectivity index (χ4v) is 3.35. The van der Waals surface area contributed by atoms with E-state index in [0.717, 1.165) is 29.1 Å². The van der Waals surface area contributed by atoms with E-state index in [1.165, 1.54) is 17.0 Å². The van der Waals surface area contributed by atoms with Gasteiger partial charge in [0.2, 0.25) is 5.91 Å². The molecule has 0 bridgehead atoms. The molecule has 0 fully saturated rings. The topological polar surface area (TPSA) is 45.2 Å². The van der Waals surface area contributed by atoms with Crippen molar-refractivity contribution in [1.29, 1.82) is 0 Å². The van der Waals surface area contributed by atoms with E-state index >= 15 is 0 Å². The number of nitrogens with zero attached hydrogens (tertiary/aromatic N) is 2. The van der Waals surface area contributed by atoms with Crippen molar-refractivity contribution in [3.05, 3.63) is 51.2 Å². The zero-order chi connectivity index (χ0) is 17.5. The van der Waals surface area contributed by atoms with E-state index in [-0.39, 0.29) is 11.7 Å². The van der Waals surface area contributed by atoms with Gasteiger partial charge in [0.25, 0.3) is 0 Å². The summed E-state index contributed by atoms with van der Waals surface area (Å²) in [7, 11) is 1.88. The van der Waals surface area contributed by atoms with Crippen LogP contribution in [-0.4, -0.2) is 35.9 Å². The summed E-state index contributed by atoms with van der Waals surface area (Å²) in [4.78, 5) is 19.6. The van der Waals surface area contributed by atoms with Crippen LogP contribution in [0.25, 0.3) is 0 Å². The first-order valence-electron chi connectivity index (χ1n) is 8.06. The van der Waals surface area contributed by atoms with Crippen LogP contribution in [0.4, 0.5) is 4.39 Å². The molecule has 1 aromatic carbocycles. The fourth-order valence-electron chi connectivity index (χ4n) is 2.37. The van der Waals surface area contributed by atoms with Gasteiger partial charge in [-0.05, 0) is 45.0 Å². The molecule has 0 unspecified atom stereocenters. The van der Waals surface area contributed by atoms with Crippen molar-refractivity contribution < 1.29 is 9.18 Å². The molecule has 0 aliphatic rings. The van der Waals surface area contributed by atoms with Gasteiger partial charge in [-0.15, -0.1) is 11.3 Å². The maximum absolute atomic E-state index is 12.9. The van der Waals surface area contributed by atoms with Crippen LogP contribution in [0.3, 0.4) is 0 Å². The Bertz CT molecular complexity index is 650. The highest BCUT2D eigenvalue weighted by molar-refractivity contribution is 7.11. The highest BCUT2D eigenvalue weighted by Crippen LogP contribution is 2.17. The number of thiazole rings is 1. The molecule has 1 amide bonds. The molecule has 0 spiro atoms. The van der Waals surface area contributed by atoms with E-state index in [4.69, 9.17) is 0 Å². The molecule has 1 N–H and O–H groups in total. The van der Waals surface area contributed by atoms with E-state index < -0.39 is 0 Å². The van der Waals surface area contributed by atoms with Crippen LogP contribution in [0.1, 0.15) is 27.6 Å². The van der Waals surface area contributed by atoms with Crippen LogP contribution < -0.4 is 5.32 Å². The summed E-state index contributed by atoms with van der Waals surface area (Å²) in [5.41, 5.74) is 2.09. The molecule has 1 aromatic heterocycles. The monoisotopic (exact) mass is 349 g/mol. The van der Waals surface area contributed by atoms with Gasteiger partial charge in [-0.2, -0.15) is 0 Å². The molecular weight excluding hydrogens is 325 g/mol. The minimum absolute atomic E-state index is 0.00566. The number of aromatic nitrogens is 1. The Labute approximate surface area is 146 Å². The first kappa shape index (κ1) is 18.5. The van der Waals surface area contributed by atoms with Crippen LogP contribution in [0.2, 0.25) is 0 Å². The van der Waals surface area contributed by atoms with E-state index in [0.29, 0.717) is 19.6 Å². The van der Waals surface area contributed by atoms with Crippen LogP contribution in [0.5, 0.6) is 0 Å². The Morgan fingerprint density at radius 1 is 1.29 bits per heavy atom. The number of carbonyl (C=O) groups excluding carboxylic acids is 1. The number of rotatable bonds is 8. The molecule has 0 radical (unpaired) electrons. The maximum Gasteiger partial charge on any atom is 0.234 e. The van der Waals surface area contributed by atoms with Gasteiger partial charge in [-0.1, -0.05) is 12.1 Å². The standard InChI is InChI=1S/C18H24FN3OS/c1-13-14(2)24-18(21-13)5-4-10-20-17(23)12-22(3)11-15-6-8-16(19)9-7-15/h6-9H,4-5,10-12H2,1-3H3,(H,20,23). The molecule has 0 aliphatic heterocycles. The van der Waals surface area contributed by atoms with Crippen molar-refractivity contribution in [1.82, 2.24) is 15.2 Å². The summed E-state index contributed by atoms with van der Waals surface area (Å²) in [5.74, 6) is -0.240. The highest BCUT2D eigenvalue weighted by Gasteiger charge is 2.08. The number of amides is 1. The molecule has 4 nitrogen and oxygen atoms in total. The van der Waals surface area contributed by atoms with E-state index in [1.807, 2.05) is 18.9 Å². The van der Waals surface area contributed by atoms with Gasteiger partial charge >= 0.3 is 0 Å². The number of benzene rings is 1. The zero-order valence-corrected chi connectivity index (χ0v) is 15.3. The first-order chi connectivity index (χ1) is 11.4. The predicted octanol–water partition coefficient (Wildman–Crippen LogP) is 3.08. The second-order valence-corrected chi connectivity index (χ2v) is 7.29. The number of aryl methyl sites for hydroxylation is 3. The first-order valence-corrected chi connectivity index (χ1v) is 8.88. The summed E-state index contributed by atoms with van der Waals surface area (Å²) in [6.07, 6.45) is 1.78. The van der Waals surface area contributed by atoms with Crippen molar-refractivity contribution >= 4 is 17.2 Å². The van der Waals surface area contributed by atoms with Crippen LogP contribution in [-0.2, 0) is 17.8 Å². The van der Waals surface area contributed by atoms with Gasteiger partial charge in [-0.25, -0.2) is 9.37 Å². The zero-order valence-electron chi connectivity index (χ0n) is 14.4. The third kappa shape index (κ3) is 6.02. The van der Waals surface area contributed by atoms with Crippen molar-refractivity contribution in [3.63, 3.8) is 0 Å². The molecule has 130 valence electrons. The molecule has 2 aromatic rings. The lowest BCUT2D eigenvalue weighted by atomic mass is 10.2. The SMILES string of the molecule is Cc1nc(CCCNC(=O)CN(C)Cc2ccc(F)cc2)sc1C. The lowest BCUT2D eigenvalue weighted by molar-refractivity contribution is -0.122. The summed E-state index contributed by atoms with van der Waals surface area (Å²) in [5, 5.41) is 4.07. The molecule has 6 heteroatoms. The largest absolute Gasteiger partial charge is 0.355 e. The van der Waals surface area contributed by atoms with Crippen molar-refractivity contribution in [2.45, 2.75) is 33.2 Å². The molecule has 1 heterocycles. The summed E-state index contributed by atoms with van der Waals surface area (Å²) >= 11 is 1.73. The van der Waals surface area contributed by atoms with E-state index in [2.05, 4.69) is 17.2 Å². The molecule has 0 atom stereocenters. The van der Waals surface area contributed by atoms with Gasteiger partial charge in [0.1, 0.15) is 5.82 Å². The maximum atomic E-state index is 12.9. The Hall–Kier alpha value is -1.79. The van der Waals surface area contributed by atoms with E-state index in [9.17, 15) is 9.18 Å². The predicted molar refractivity (Wildman–Crippen MR) is 95.7 cm³/mol. The summed E-state index contributed by atoms with van der Waals surface area (Å²) in [6, 6.07) is 6.35. The van der Waals surface area contributed by atoms with E-state index in [1.54, 1.807) is 23.5 Å². The number of halogens is 1. The summed E-state index contributed by atoms with van der Waals surface area (Å²) < 4.78 is 12.9. The molecule has 0 saturated heterocycles. The smallest absolute Gasteiger partial charge is 0.234 e. The Balaban J connectivity index is 1.64. The third-order valence-corrected chi connectivity index (χ3v) is 4.87. The second-order valence-electron chi connectivity index (χ2n) is 6.00. The van der Waals surface area contributed by atoms with Crippen molar-refractivity contribution in [2.75, 3.05) is 20.1 Å². The third-order valence-electron chi connectivity index (χ3n) is 3.74.